The van der Waals surface area contributed by atoms with Gasteiger partial charge in [-0.25, -0.2) is 4.98 Å². The summed E-state index contributed by atoms with van der Waals surface area (Å²) >= 11 is 0. The molecule has 1 amide bonds. The van der Waals surface area contributed by atoms with Crippen molar-refractivity contribution < 1.29 is 9.53 Å². The third-order valence-electron chi connectivity index (χ3n) is 4.76. The van der Waals surface area contributed by atoms with Gasteiger partial charge in [0.15, 0.2) is 0 Å². The standard InChI is InChI=1S/C16H21N5O2/c1-23-13-4-7-18-15(19-13)21-10-8-20(9-11-21)14(22)16(12-17)5-2-3-6-16/h4,7H,2-3,5-6,8-11H2,1H3. The molecule has 0 radical (unpaired) electrons. The number of rotatable bonds is 3. The van der Waals surface area contributed by atoms with Gasteiger partial charge in [-0.05, 0) is 12.8 Å². The van der Waals surface area contributed by atoms with Crippen molar-refractivity contribution >= 4 is 11.9 Å². The van der Waals surface area contributed by atoms with E-state index in [4.69, 9.17) is 4.74 Å². The second kappa shape index (κ2) is 6.41. The predicted molar refractivity (Wildman–Crippen MR) is 83.9 cm³/mol. The Morgan fingerprint density at radius 1 is 1.30 bits per heavy atom. The Morgan fingerprint density at radius 2 is 2.00 bits per heavy atom. The van der Waals surface area contributed by atoms with E-state index in [2.05, 4.69) is 16.0 Å². The Kier molecular flexibility index (Phi) is 4.33. The van der Waals surface area contributed by atoms with Crippen LogP contribution >= 0.6 is 0 Å². The number of nitrogens with zero attached hydrogens (tertiary/aromatic N) is 5. The number of methoxy groups -OCH3 is 1. The minimum Gasteiger partial charge on any atom is -0.481 e. The largest absolute Gasteiger partial charge is 0.481 e. The van der Waals surface area contributed by atoms with E-state index >= 15 is 0 Å². The summed E-state index contributed by atoms with van der Waals surface area (Å²) in [5.74, 6) is 1.15. The lowest BCUT2D eigenvalue weighted by molar-refractivity contribution is -0.139. The van der Waals surface area contributed by atoms with Gasteiger partial charge in [-0.3, -0.25) is 4.79 Å². The summed E-state index contributed by atoms with van der Waals surface area (Å²) in [6.45, 7) is 2.53. The lowest BCUT2D eigenvalue weighted by Crippen LogP contribution is -2.53. The molecule has 23 heavy (non-hydrogen) atoms. The maximum absolute atomic E-state index is 12.7. The highest BCUT2D eigenvalue weighted by atomic mass is 16.5. The molecule has 2 fully saturated rings. The molecule has 0 unspecified atom stereocenters. The summed E-state index contributed by atoms with van der Waals surface area (Å²) in [5.41, 5.74) is -0.783. The van der Waals surface area contributed by atoms with E-state index in [0.29, 0.717) is 50.8 Å². The van der Waals surface area contributed by atoms with Gasteiger partial charge in [-0.15, -0.1) is 0 Å². The van der Waals surface area contributed by atoms with Crippen LogP contribution in [0.3, 0.4) is 0 Å². The Labute approximate surface area is 135 Å². The minimum absolute atomic E-state index is 0.00344. The van der Waals surface area contributed by atoms with Crippen LogP contribution in [0.25, 0.3) is 0 Å². The van der Waals surface area contributed by atoms with Crippen LogP contribution < -0.4 is 9.64 Å². The van der Waals surface area contributed by atoms with Crippen molar-refractivity contribution in [2.75, 3.05) is 38.2 Å². The van der Waals surface area contributed by atoms with E-state index < -0.39 is 5.41 Å². The lowest BCUT2D eigenvalue weighted by atomic mass is 9.86. The molecule has 7 nitrogen and oxygen atoms in total. The lowest BCUT2D eigenvalue weighted by Gasteiger charge is -2.37. The van der Waals surface area contributed by atoms with E-state index in [-0.39, 0.29) is 5.91 Å². The van der Waals surface area contributed by atoms with Crippen LogP contribution in [-0.4, -0.2) is 54.1 Å². The number of hydrogen-bond donors (Lipinski definition) is 0. The second-order valence-corrected chi connectivity index (χ2v) is 6.08. The van der Waals surface area contributed by atoms with Gasteiger partial charge in [0, 0.05) is 38.4 Å². The zero-order chi connectivity index (χ0) is 16.3. The smallest absolute Gasteiger partial charge is 0.243 e. The van der Waals surface area contributed by atoms with Crippen molar-refractivity contribution in [2.24, 2.45) is 5.41 Å². The number of carbonyl (C=O) groups excluding carboxylic acids is 1. The Balaban J connectivity index is 1.64. The maximum Gasteiger partial charge on any atom is 0.243 e. The fourth-order valence-electron chi connectivity index (χ4n) is 3.36. The number of anilines is 1. The molecule has 3 rings (SSSR count). The highest BCUT2D eigenvalue weighted by Gasteiger charge is 2.44. The van der Waals surface area contributed by atoms with E-state index in [1.807, 2.05) is 9.80 Å². The van der Waals surface area contributed by atoms with Crippen LogP contribution in [0.5, 0.6) is 5.88 Å². The molecule has 1 aliphatic heterocycles. The van der Waals surface area contributed by atoms with E-state index in [1.54, 1.807) is 19.4 Å². The highest BCUT2D eigenvalue weighted by Crippen LogP contribution is 2.39. The molecule has 2 aliphatic rings. The second-order valence-electron chi connectivity index (χ2n) is 6.08. The molecule has 1 aromatic heterocycles. The molecule has 2 heterocycles. The number of carbonyl (C=O) groups is 1. The monoisotopic (exact) mass is 315 g/mol. The molecule has 7 heteroatoms. The summed E-state index contributed by atoms with van der Waals surface area (Å²) in [5, 5.41) is 9.46. The van der Waals surface area contributed by atoms with Crippen LogP contribution in [0.1, 0.15) is 25.7 Å². The first kappa shape index (κ1) is 15.5. The minimum atomic E-state index is -0.783. The molecule has 1 saturated carbocycles. The van der Waals surface area contributed by atoms with Crippen LogP contribution in [0.15, 0.2) is 12.3 Å². The Hall–Kier alpha value is -2.36. The third-order valence-corrected chi connectivity index (χ3v) is 4.76. The van der Waals surface area contributed by atoms with Gasteiger partial charge >= 0.3 is 0 Å². The van der Waals surface area contributed by atoms with E-state index in [0.717, 1.165) is 12.8 Å². The number of piperazine rings is 1. The molecule has 0 spiro atoms. The molecule has 0 N–H and O–H groups in total. The van der Waals surface area contributed by atoms with E-state index in [9.17, 15) is 10.1 Å². The van der Waals surface area contributed by atoms with Crippen molar-refractivity contribution in [3.8, 4) is 11.9 Å². The summed E-state index contributed by atoms with van der Waals surface area (Å²) in [4.78, 5) is 25.2. The molecule has 122 valence electrons. The molecular weight excluding hydrogens is 294 g/mol. The molecule has 1 saturated heterocycles. The van der Waals surface area contributed by atoms with Crippen LogP contribution in [0, 0.1) is 16.7 Å². The normalized spacial score (nSPS) is 20.2. The fourth-order valence-corrected chi connectivity index (χ4v) is 3.36. The van der Waals surface area contributed by atoms with Crippen LogP contribution in [0.2, 0.25) is 0 Å². The molecule has 0 bridgehead atoms. The SMILES string of the molecule is COc1ccnc(N2CCN(C(=O)C3(C#N)CCCC3)CC2)n1. The number of hydrogen-bond acceptors (Lipinski definition) is 6. The molecule has 0 aromatic carbocycles. The fraction of sp³-hybridized carbons (Fsp3) is 0.625. The third kappa shape index (κ3) is 2.93. The average Bonchev–Trinajstić information content (AvgIpc) is 3.11. The van der Waals surface area contributed by atoms with Crippen molar-refractivity contribution in [3.05, 3.63) is 12.3 Å². The number of aromatic nitrogens is 2. The summed E-state index contributed by atoms with van der Waals surface area (Å²) in [6.07, 6.45) is 5.00. The van der Waals surface area contributed by atoms with Crippen LogP contribution in [0.4, 0.5) is 5.95 Å². The summed E-state index contributed by atoms with van der Waals surface area (Å²) in [7, 11) is 1.58. The first-order valence-corrected chi connectivity index (χ1v) is 8.01. The zero-order valence-electron chi connectivity index (χ0n) is 13.4. The van der Waals surface area contributed by atoms with Gasteiger partial charge < -0.3 is 14.5 Å². The molecule has 0 atom stereocenters. The maximum atomic E-state index is 12.7. The van der Waals surface area contributed by atoms with Crippen molar-refractivity contribution in [3.63, 3.8) is 0 Å². The average molecular weight is 315 g/mol. The summed E-state index contributed by atoms with van der Waals surface area (Å²) < 4.78 is 5.12. The van der Waals surface area contributed by atoms with Crippen molar-refractivity contribution in [1.82, 2.24) is 14.9 Å². The molecule has 1 aromatic rings. The number of ether oxygens (including phenoxy) is 1. The number of nitriles is 1. The predicted octanol–water partition coefficient (Wildman–Crippen LogP) is 1.22. The molecule has 1 aliphatic carbocycles. The first-order chi connectivity index (χ1) is 11.2. The Morgan fingerprint density at radius 3 is 2.61 bits per heavy atom. The zero-order valence-corrected chi connectivity index (χ0v) is 13.4. The van der Waals surface area contributed by atoms with Gasteiger partial charge in [0.25, 0.3) is 0 Å². The van der Waals surface area contributed by atoms with Gasteiger partial charge in [0.1, 0.15) is 5.41 Å². The quantitative estimate of drug-likeness (QED) is 0.834. The first-order valence-electron chi connectivity index (χ1n) is 8.01. The van der Waals surface area contributed by atoms with E-state index in [1.165, 1.54) is 0 Å². The molecular formula is C16H21N5O2. The van der Waals surface area contributed by atoms with Gasteiger partial charge in [-0.2, -0.15) is 10.2 Å². The van der Waals surface area contributed by atoms with Crippen molar-refractivity contribution in [2.45, 2.75) is 25.7 Å². The van der Waals surface area contributed by atoms with Gasteiger partial charge in [0.2, 0.25) is 17.7 Å². The summed E-state index contributed by atoms with van der Waals surface area (Å²) in [6, 6.07) is 3.99. The highest BCUT2D eigenvalue weighted by molar-refractivity contribution is 5.86. The van der Waals surface area contributed by atoms with Gasteiger partial charge in [0.05, 0.1) is 13.2 Å². The topological polar surface area (TPSA) is 82.4 Å². The van der Waals surface area contributed by atoms with Crippen LogP contribution in [-0.2, 0) is 4.79 Å². The Bertz CT molecular complexity index is 613. The van der Waals surface area contributed by atoms with Gasteiger partial charge in [-0.1, -0.05) is 12.8 Å². The number of amides is 1. The van der Waals surface area contributed by atoms with Crippen molar-refractivity contribution in [1.29, 1.82) is 5.26 Å².